The summed E-state index contributed by atoms with van der Waals surface area (Å²) >= 11 is 12.2. The molecular weight excluding hydrogens is 255 g/mol. The highest BCUT2D eigenvalue weighted by atomic mass is 35.5. The summed E-state index contributed by atoms with van der Waals surface area (Å²) in [5.74, 6) is -0.0718. The Morgan fingerprint density at radius 3 is 1.76 bits per heavy atom. The van der Waals surface area contributed by atoms with E-state index in [2.05, 4.69) is 0 Å². The molecule has 0 spiro atoms. The summed E-state index contributed by atoms with van der Waals surface area (Å²) in [6.45, 7) is 0. The second-order valence-corrected chi connectivity index (χ2v) is 4.87. The maximum absolute atomic E-state index is 12.4. The summed E-state index contributed by atoms with van der Waals surface area (Å²) < 4.78 is 0. The second-order valence-electron chi connectivity index (χ2n) is 4.05. The first kappa shape index (κ1) is 10.8. The molecule has 0 fully saturated rings. The van der Waals surface area contributed by atoms with Crippen LogP contribution in [0, 0.1) is 0 Å². The van der Waals surface area contributed by atoms with Gasteiger partial charge in [0, 0.05) is 11.1 Å². The third kappa shape index (κ3) is 1.58. The van der Waals surface area contributed by atoms with E-state index in [1.165, 1.54) is 0 Å². The lowest BCUT2D eigenvalue weighted by Crippen LogP contribution is -2.16. The summed E-state index contributed by atoms with van der Waals surface area (Å²) in [6, 6.07) is 11.1. The van der Waals surface area contributed by atoms with E-state index in [1.54, 1.807) is 12.1 Å². The third-order valence-electron chi connectivity index (χ3n) is 3.03. The standard InChI is InChI=1S/C14H8Cl2O/c15-10-5-1-3-8-7-9-4-2-6-11(16)13(9)14(17)12(8)10/h1-6H,7H2. The van der Waals surface area contributed by atoms with Crippen LogP contribution in [0.5, 0.6) is 0 Å². The lowest BCUT2D eigenvalue weighted by Gasteiger charge is -2.20. The van der Waals surface area contributed by atoms with E-state index in [0.29, 0.717) is 27.6 Å². The number of ketones is 1. The van der Waals surface area contributed by atoms with Crippen molar-refractivity contribution in [2.24, 2.45) is 0 Å². The monoisotopic (exact) mass is 262 g/mol. The number of benzene rings is 2. The van der Waals surface area contributed by atoms with Crippen LogP contribution in [0.1, 0.15) is 27.0 Å². The zero-order valence-electron chi connectivity index (χ0n) is 8.84. The Balaban J connectivity index is 2.30. The SMILES string of the molecule is O=C1c2c(Cl)cccc2Cc2cccc(Cl)c21. The van der Waals surface area contributed by atoms with Crippen molar-refractivity contribution >= 4 is 29.0 Å². The van der Waals surface area contributed by atoms with Crippen LogP contribution in [0.4, 0.5) is 0 Å². The maximum Gasteiger partial charge on any atom is 0.196 e. The molecule has 2 aromatic carbocycles. The summed E-state index contributed by atoms with van der Waals surface area (Å²) in [5.41, 5.74) is 3.12. The number of rotatable bonds is 0. The molecular formula is C14H8Cl2O. The number of hydrogen-bond acceptors (Lipinski definition) is 1. The topological polar surface area (TPSA) is 17.1 Å². The Kier molecular flexibility index (Phi) is 2.46. The first-order valence-electron chi connectivity index (χ1n) is 5.28. The number of fused-ring (bicyclic) bond motifs is 2. The Labute approximate surface area is 109 Å². The van der Waals surface area contributed by atoms with Gasteiger partial charge < -0.3 is 0 Å². The Morgan fingerprint density at radius 2 is 1.29 bits per heavy atom. The minimum Gasteiger partial charge on any atom is -0.288 e. The van der Waals surface area contributed by atoms with Gasteiger partial charge in [-0.25, -0.2) is 0 Å². The van der Waals surface area contributed by atoms with Crippen LogP contribution in [0.3, 0.4) is 0 Å². The van der Waals surface area contributed by atoms with Gasteiger partial charge in [-0.05, 0) is 29.7 Å². The smallest absolute Gasteiger partial charge is 0.196 e. The van der Waals surface area contributed by atoms with Crippen LogP contribution >= 0.6 is 23.2 Å². The van der Waals surface area contributed by atoms with E-state index in [0.717, 1.165) is 11.1 Å². The summed E-state index contributed by atoms with van der Waals surface area (Å²) in [6.07, 6.45) is 0.706. The van der Waals surface area contributed by atoms with Crippen LogP contribution in [-0.2, 0) is 6.42 Å². The van der Waals surface area contributed by atoms with Gasteiger partial charge in [-0.3, -0.25) is 4.79 Å². The fourth-order valence-corrected chi connectivity index (χ4v) is 2.83. The quantitative estimate of drug-likeness (QED) is 0.596. The number of halogens is 2. The minimum atomic E-state index is -0.0718. The average molecular weight is 263 g/mol. The van der Waals surface area contributed by atoms with E-state index in [9.17, 15) is 4.79 Å². The van der Waals surface area contributed by atoms with Crippen LogP contribution in [-0.4, -0.2) is 5.78 Å². The Bertz CT molecular complexity index is 579. The molecule has 0 N–H and O–H groups in total. The lowest BCUT2D eigenvalue weighted by atomic mass is 9.85. The summed E-state index contributed by atoms with van der Waals surface area (Å²) in [7, 11) is 0. The largest absolute Gasteiger partial charge is 0.288 e. The van der Waals surface area contributed by atoms with Gasteiger partial charge in [-0.1, -0.05) is 47.5 Å². The van der Waals surface area contributed by atoms with Crippen molar-refractivity contribution in [3.05, 3.63) is 68.7 Å². The fraction of sp³-hybridized carbons (Fsp3) is 0.0714. The average Bonchev–Trinajstić information content (AvgIpc) is 2.28. The molecule has 0 aliphatic heterocycles. The highest BCUT2D eigenvalue weighted by Crippen LogP contribution is 2.34. The predicted molar refractivity (Wildman–Crippen MR) is 69.1 cm³/mol. The lowest BCUT2D eigenvalue weighted by molar-refractivity contribution is 0.103. The molecule has 1 aliphatic rings. The highest BCUT2D eigenvalue weighted by Gasteiger charge is 2.26. The summed E-state index contributed by atoms with van der Waals surface area (Å²) in [5, 5.41) is 0.996. The zero-order chi connectivity index (χ0) is 12.0. The number of carbonyl (C=O) groups is 1. The normalized spacial score (nSPS) is 13.2. The fourth-order valence-electron chi connectivity index (χ4n) is 2.27. The van der Waals surface area contributed by atoms with E-state index in [4.69, 9.17) is 23.2 Å². The van der Waals surface area contributed by atoms with Gasteiger partial charge in [0.25, 0.3) is 0 Å². The van der Waals surface area contributed by atoms with Gasteiger partial charge in [-0.15, -0.1) is 0 Å². The summed E-state index contributed by atoms with van der Waals surface area (Å²) in [4.78, 5) is 12.4. The molecule has 17 heavy (non-hydrogen) atoms. The van der Waals surface area contributed by atoms with Crippen LogP contribution in [0.2, 0.25) is 10.0 Å². The van der Waals surface area contributed by atoms with Gasteiger partial charge in [0.05, 0.1) is 10.0 Å². The molecule has 0 saturated carbocycles. The molecule has 0 unspecified atom stereocenters. The Hall–Kier alpha value is -1.31. The molecule has 0 amide bonds. The van der Waals surface area contributed by atoms with Crippen molar-refractivity contribution in [1.29, 1.82) is 0 Å². The van der Waals surface area contributed by atoms with Gasteiger partial charge in [0.2, 0.25) is 0 Å². The molecule has 1 aliphatic carbocycles. The molecule has 3 heteroatoms. The number of hydrogen-bond donors (Lipinski definition) is 0. The van der Waals surface area contributed by atoms with Crippen molar-refractivity contribution in [3.8, 4) is 0 Å². The molecule has 2 aromatic rings. The third-order valence-corrected chi connectivity index (χ3v) is 3.66. The van der Waals surface area contributed by atoms with E-state index in [-0.39, 0.29) is 5.78 Å². The van der Waals surface area contributed by atoms with E-state index >= 15 is 0 Å². The van der Waals surface area contributed by atoms with Crippen LogP contribution in [0.25, 0.3) is 0 Å². The van der Waals surface area contributed by atoms with Crippen molar-refractivity contribution in [2.45, 2.75) is 6.42 Å². The zero-order valence-corrected chi connectivity index (χ0v) is 10.3. The molecule has 84 valence electrons. The van der Waals surface area contributed by atoms with Gasteiger partial charge in [0.15, 0.2) is 5.78 Å². The van der Waals surface area contributed by atoms with Gasteiger partial charge >= 0.3 is 0 Å². The molecule has 1 nitrogen and oxygen atoms in total. The highest BCUT2D eigenvalue weighted by molar-refractivity contribution is 6.39. The first-order valence-corrected chi connectivity index (χ1v) is 6.03. The first-order chi connectivity index (χ1) is 8.18. The van der Waals surface area contributed by atoms with Gasteiger partial charge in [0.1, 0.15) is 0 Å². The molecule has 0 atom stereocenters. The molecule has 0 saturated heterocycles. The van der Waals surface area contributed by atoms with Gasteiger partial charge in [-0.2, -0.15) is 0 Å². The minimum absolute atomic E-state index is 0.0718. The maximum atomic E-state index is 12.4. The molecule has 0 radical (unpaired) electrons. The van der Waals surface area contributed by atoms with E-state index < -0.39 is 0 Å². The van der Waals surface area contributed by atoms with Crippen LogP contribution in [0.15, 0.2) is 36.4 Å². The van der Waals surface area contributed by atoms with Crippen LogP contribution < -0.4 is 0 Å². The number of carbonyl (C=O) groups excluding carboxylic acids is 1. The van der Waals surface area contributed by atoms with Crippen molar-refractivity contribution in [3.63, 3.8) is 0 Å². The van der Waals surface area contributed by atoms with Crippen molar-refractivity contribution in [2.75, 3.05) is 0 Å². The molecule has 0 heterocycles. The van der Waals surface area contributed by atoms with Crippen molar-refractivity contribution in [1.82, 2.24) is 0 Å². The molecule has 0 aromatic heterocycles. The van der Waals surface area contributed by atoms with E-state index in [1.807, 2.05) is 24.3 Å². The Morgan fingerprint density at radius 1 is 0.824 bits per heavy atom. The van der Waals surface area contributed by atoms with Crippen molar-refractivity contribution < 1.29 is 4.79 Å². The second kappa shape index (κ2) is 3.86. The molecule has 3 rings (SSSR count). The predicted octanol–water partition coefficient (Wildman–Crippen LogP) is 4.13. The molecule has 0 bridgehead atoms.